The smallest absolute Gasteiger partial charge is 0.163 e. The van der Waals surface area contributed by atoms with Crippen molar-refractivity contribution in [3.63, 3.8) is 0 Å². The number of ether oxygens (including phenoxy) is 3. The molecule has 3 nitrogen and oxygen atoms in total. The van der Waals surface area contributed by atoms with Gasteiger partial charge >= 0.3 is 0 Å². The van der Waals surface area contributed by atoms with E-state index in [2.05, 4.69) is 13.8 Å². The summed E-state index contributed by atoms with van der Waals surface area (Å²) in [6.45, 7) is 8.83. The Morgan fingerprint density at radius 2 is 1.71 bits per heavy atom. The lowest BCUT2D eigenvalue weighted by atomic mass is 10.0. The van der Waals surface area contributed by atoms with E-state index < -0.39 is 5.79 Å². The Hall–Kier alpha value is -0.120. The van der Waals surface area contributed by atoms with Gasteiger partial charge < -0.3 is 14.2 Å². The summed E-state index contributed by atoms with van der Waals surface area (Å²) in [5.41, 5.74) is 0.0146. The fourth-order valence-corrected chi connectivity index (χ4v) is 2.18. The molecule has 2 atom stereocenters. The molecule has 0 spiro atoms. The van der Waals surface area contributed by atoms with Crippen LogP contribution in [0.25, 0.3) is 0 Å². The molecule has 2 rings (SSSR count). The van der Waals surface area contributed by atoms with Gasteiger partial charge in [0.1, 0.15) is 6.10 Å². The van der Waals surface area contributed by atoms with Crippen molar-refractivity contribution < 1.29 is 14.2 Å². The minimum atomic E-state index is -0.430. The molecule has 0 aromatic carbocycles. The van der Waals surface area contributed by atoms with Crippen LogP contribution >= 0.6 is 0 Å². The first-order valence-corrected chi connectivity index (χ1v) is 5.38. The first-order valence-electron chi connectivity index (χ1n) is 5.38. The number of hydrogen-bond donors (Lipinski definition) is 0. The zero-order chi connectivity index (χ0) is 10.4. The van der Waals surface area contributed by atoms with E-state index in [4.69, 9.17) is 14.2 Å². The second-order valence-corrected chi connectivity index (χ2v) is 5.32. The molecule has 2 unspecified atom stereocenters. The molecule has 14 heavy (non-hydrogen) atoms. The van der Waals surface area contributed by atoms with Gasteiger partial charge in [-0.25, -0.2) is 0 Å². The highest BCUT2D eigenvalue weighted by Gasteiger charge is 2.43. The van der Waals surface area contributed by atoms with E-state index >= 15 is 0 Å². The fourth-order valence-electron chi connectivity index (χ4n) is 2.18. The number of rotatable bonds is 1. The van der Waals surface area contributed by atoms with Crippen molar-refractivity contribution >= 4 is 0 Å². The average molecular weight is 200 g/mol. The summed E-state index contributed by atoms with van der Waals surface area (Å²) in [5.74, 6) is -0.430. The van der Waals surface area contributed by atoms with Gasteiger partial charge in [-0.3, -0.25) is 0 Å². The maximum atomic E-state index is 5.92. The van der Waals surface area contributed by atoms with Crippen LogP contribution in [0.5, 0.6) is 0 Å². The van der Waals surface area contributed by atoms with Gasteiger partial charge in [0.15, 0.2) is 5.79 Å². The second-order valence-electron chi connectivity index (χ2n) is 5.32. The first-order chi connectivity index (χ1) is 6.38. The van der Waals surface area contributed by atoms with Crippen molar-refractivity contribution in [2.24, 2.45) is 0 Å². The van der Waals surface area contributed by atoms with Gasteiger partial charge in [0.2, 0.25) is 0 Å². The first kappa shape index (κ1) is 10.4. The summed E-state index contributed by atoms with van der Waals surface area (Å²) in [7, 11) is 0. The lowest BCUT2D eigenvalue weighted by Gasteiger charge is -2.23. The zero-order valence-electron chi connectivity index (χ0n) is 9.50. The van der Waals surface area contributed by atoms with Crippen LogP contribution in [0, 0.1) is 0 Å². The van der Waals surface area contributed by atoms with E-state index in [9.17, 15) is 0 Å². The van der Waals surface area contributed by atoms with Crippen molar-refractivity contribution in [2.75, 3.05) is 6.61 Å². The molecular formula is C11H20O3. The van der Waals surface area contributed by atoms with E-state index in [1.807, 2.05) is 13.8 Å². The third-order valence-electron chi connectivity index (χ3n) is 2.95. The highest BCUT2D eigenvalue weighted by atomic mass is 16.7. The van der Waals surface area contributed by atoms with E-state index in [-0.39, 0.29) is 17.8 Å². The Morgan fingerprint density at radius 3 is 2.14 bits per heavy atom. The van der Waals surface area contributed by atoms with E-state index in [1.54, 1.807) is 0 Å². The van der Waals surface area contributed by atoms with Gasteiger partial charge in [0.25, 0.3) is 0 Å². The molecule has 2 saturated heterocycles. The monoisotopic (exact) mass is 200 g/mol. The normalized spacial score (nSPS) is 40.3. The Labute approximate surface area is 85.7 Å². The maximum absolute atomic E-state index is 5.92. The largest absolute Gasteiger partial charge is 0.370 e. The molecule has 3 heteroatoms. The van der Waals surface area contributed by atoms with Crippen molar-refractivity contribution in [1.29, 1.82) is 0 Å². The van der Waals surface area contributed by atoms with Crippen molar-refractivity contribution in [3.05, 3.63) is 0 Å². The Balaban J connectivity index is 1.93. The standard InChI is InChI=1S/C11H20O3/c1-10(2)6-5-8(13-10)9-7-12-11(3,4)14-9/h8-9H,5-7H2,1-4H3. The van der Waals surface area contributed by atoms with Gasteiger partial charge in [0, 0.05) is 0 Å². The molecule has 0 bridgehead atoms. The minimum absolute atomic E-state index is 0.0146. The molecule has 0 saturated carbocycles. The molecule has 2 heterocycles. The topological polar surface area (TPSA) is 27.7 Å². The van der Waals surface area contributed by atoms with Crippen LogP contribution < -0.4 is 0 Å². The minimum Gasteiger partial charge on any atom is -0.370 e. The summed E-state index contributed by atoms with van der Waals surface area (Å²) in [6.07, 6.45) is 2.52. The van der Waals surface area contributed by atoms with E-state index in [1.165, 1.54) is 0 Å². The Morgan fingerprint density at radius 1 is 1.00 bits per heavy atom. The quantitative estimate of drug-likeness (QED) is 0.648. The Kier molecular flexibility index (Phi) is 2.37. The summed E-state index contributed by atoms with van der Waals surface area (Å²) < 4.78 is 17.2. The van der Waals surface area contributed by atoms with Crippen LogP contribution in [0.1, 0.15) is 40.5 Å². The summed E-state index contributed by atoms with van der Waals surface area (Å²) in [5, 5.41) is 0. The Bertz CT molecular complexity index is 199. The van der Waals surface area contributed by atoms with E-state index in [0.29, 0.717) is 6.61 Å². The average Bonchev–Trinajstić information content (AvgIpc) is 2.54. The summed E-state index contributed by atoms with van der Waals surface area (Å²) >= 11 is 0. The predicted molar refractivity (Wildman–Crippen MR) is 53.1 cm³/mol. The van der Waals surface area contributed by atoms with Crippen LogP contribution in [0.2, 0.25) is 0 Å². The molecule has 0 aliphatic carbocycles. The van der Waals surface area contributed by atoms with Crippen molar-refractivity contribution in [3.8, 4) is 0 Å². The summed E-state index contributed by atoms with van der Waals surface area (Å²) in [4.78, 5) is 0. The van der Waals surface area contributed by atoms with Crippen LogP contribution in [-0.2, 0) is 14.2 Å². The molecule has 0 aromatic rings. The molecular weight excluding hydrogens is 180 g/mol. The zero-order valence-corrected chi connectivity index (χ0v) is 9.50. The van der Waals surface area contributed by atoms with Gasteiger partial charge in [0.05, 0.1) is 18.3 Å². The van der Waals surface area contributed by atoms with Gasteiger partial charge in [-0.05, 0) is 40.5 Å². The fraction of sp³-hybridized carbons (Fsp3) is 1.00. The molecule has 0 N–H and O–H groups in total. The van der Waals surface area contributed by atoms with Crippen LogP contribution in [0.3, 0.4) is 0 Å². The van der Waals surface area contributed by atoms with Crippen molar-refractivity contribution in [1.82, 2.24) is 0 Å². The molecule has 0 radical (unpaired) electrons. The summed E-state index contributed by atoms with van der Waals surface area (Å²) in [6, 6.07) is 0. The molecule has 2 fully saturated rings. The predicted octanol–water partition coefficient (Wildman–Crippen LogP) is 2.10. The van der Waals surface area contributed by atoms with Gasteiger partial charge in [-0.15, -0.1) is 0 Å². The molecule has 2 aliphatic heterocycles. The number of hydrogen-bond acceptors (Lipinski definition) is 3. The van der Waals surface area contributed by atoms with Crippen molar-refractivity contribution in [2.45, 2.75) is 64.1 Å². The molecule has 0 amide bonds. The highest BCUT2D eigenvalue weighted by molar-refractivity contribution is 4.88. The van der Waals surface area contributed by atoms with Crippen LogP contribution in [0.15, 0.2) is 0 Å². The van der Waals surface area contributed by atoms with Gasteiger partial charge in [-0.1, -0.05) is 0 Å². The van der Waals surface area contributed by atoms with Crippen LogP contribution in [0.4, 0.5) is 0 Å². The highest BCUT2D eigenvalue weighted by Crippen LogP contribution is 2.35. The second kappa shape index (κ2) is 3.19. The lowest BCUT2D eigenvalue weighted by molar-refractivity contribution is -0.159. The van der Waals surface area contributed by atoms with Crippen LogP contribution in [-0.4, -0.2) is 30.2 Å². The molecule has 0 aromatic heterocycles. The lowest BCUT2D eigenvalue weighted by Crippen LogP contribution is -2.32. The van der Waals surface area contributed by atoms with Gasteiger partial charge in [-0.2, -0.15) is 0 Å². The molecule has 2 aliphatic rings. The maximum Gasteiger partial charge on any atom is 0.163 e. The third kappa shape index (κ3) is 2.10. The SMILES string of the molecule is CC1(C)CCC(C2COC(C)(C)O2)O1. The third-order valence-corrected chi connectivity index (χ3v) is 2.95. The molecule has 82 valence electrons. The van der Waals surface area contributed by atoms with E-state index in [0.717, 1.165) is 12.8 Å².